The number of aryl methyl sites for hydroxylation is 1. The summed E-state index contributed by atoms with van der Waals surface area (Å²) in [6.07, 6.45) is 0.697. The number of rotatable bonds is 3. The van der Waals surface area contributed by atoms with Gasteiger partial charge in [-0.05, 0) is 49.7 Å². The van der Waals surface area contributed by atoms with E-state index in [0.717, 1.165) is 10.3 Å². The molecule has 2 aromatic heterocycles. The third kappa shape index (κ3) is 2.84. The Morgan fingerprint density at radius 3 is 2.68 bits per heavy atom. The first-order chi connectivity index (χ1) is 18.4. The molecule has 0 saturated carbocycles. The van der Waals surface area contributed by atoms with Crippen molar-refractivity contribution in [2.24, 2.45) is 0 Å². The van der Waals surface area contributed by atoms with Gasteiger partial charge in [-0.2, -0.15) is 0 Å². The molecule has 7 rings (SSSR count). The summed E-state index contributed by atoms with van der Waals surface area (Å²) in [6, 6.07) is 17.8. The van der Waals surface area contributed by atoms with Gasteiger partial charge >= 0.3 is 0 Å². The van der Waals surface area contributed by atoms with Gasteiger partial charge in [0.1, 0.15) is 5.58 Å². The number of fused-ring (bicyclic) bond motifs is 6. The molecule has 2 aliphatic rings. The van der Waals surface area contributed by atoms with Crippen molar-refractivity contribution >= 4 is 66.8 Å². The van der Waals surface area contributed by atoms with E-state index in [0.29, 0.717) is 50.9 Å². The van der Waals surface area contributed by atoms with Crippen molar-refractivity contribution < 1.29 is 14.0 Å². The van der Waals surface area contributed by atoms with E-state index in [9.17, 15) is 14.4 Å². The van der Waals surface area contributed by atoms with Crippen LogP contribution in [0.5, 0.6) is 0 Å². The van der Waals surface area contributed by atoms with Gasteiger partial charge in [-0.25, -0.2) is 4.98 Å². The highest BCUT2D eigenvalue weighted by atomic mass is 35.5. The Bertz CT molecular complexity index is 1910. The second kappa shape index (κ2) is 7.99. The van der Waals surface area contributed by atoms with Gasteiger partial charge < -0.3 is 9.32 Å². The maximum Gasteiger partial charge on any atom is 0.297 e. The fourth-order valence-corrected chi connectivity index (χ4v) is 7.00. The molecule has 1 spiro atoms. The Morgan fingerprint density at radius 2 is 1.87 bits per heavy atom. The summed E-state index contributed by atoms with van der Waals surface area (Å²) in [5.74, 6) is -1.08. The molecule has 1 unspecified atom stereocenters. The van der Waals surface area contributed by atoms with Gasteiger partial charge in [0.25, 0.3) is 11.8 Å². The van der Waals surface area contributed by atoms with Crippen LogP contribution in [0, 0.1) is 6.92 Å². The lowest BCUT2D eigenvalue weighted by Gasteiger charge is -2.32. The van der Waals surface area contributed by atoms with Gasteiger partial charge in [-0.15, -0.1) is 0 Å². The number of aromatic nitrogens is 1. The van der Waals surface area contributed by atoms with Crippen LogP contribution in [0.2, 0.25) is 5.02 Å². The first kappa shape index (κ1) is 23.1. The van der Waals surface area contributed by atoms with Crippen molar-refractivity contribution in [1.29, 1.82) is 0 Å². The van der Waals surface area contributed by atoms with Crippen molar-refractivity contribution in [2.75, 3.05) is 16.3 Å². The molecule has 7 nitrogen and oxygen atoms in total. The Morgan fingerprint density at radius 1 is 1.05 bits per heavy atom. The molecule has 9 heteroatoms. The Balaban J connectivity index is 1.62. The average Bonchev–Trinajstić information content (AvgIpc) is 3.51. The Hall–Kier alpha value is -4.01. The smallest absolute Gasteiger partial charge is 0.297 e. The van der Waals surface area contributed by atoms with Crippen LogP contribution in [0.3, 0.4) is 0 Å². The molecule has 188 valence electrons. The summed E-state index contributed by atoms with van der Waals surface area (Å²) in [5.41, 5.74) is 0.922. The topological polar surface area (TPSA) is 83.7 Å². The lowest BCUT2D eigenvalue weighted by Crippen LogP contribution is -2.53. The molecule has 3 aromatic carbocycles. The highest BCUT2D eigenvalue weighted by Gasteiger charge is 2.66. The number of para-hydroxylation sites is 1. The standard InChI is InChI=1S/C29H20ClN3O4S/c1-3-12-32-20-7-5-4-6-18(20)29(27(32)36)23-24(34)17-13-15(2)8-11-21(17)37-25(23)26(35)33(29)28-31-19-10-9-16(30)14-22(19)38-28/h4-11,13-14H,3,12H2,1-2H3. The third-order valence-electron chi connectivity index (χ3n) is 7.26. The number of thiazole rings is 1. The summed E-state index contributed by atoms with van der Waals surface area (Å²) in [7, 11) is 0. The van der Waals surface area contributed by atoms with Gasteiger partial charge in [0.2, 0.25) is 5.76 Å². The van der Waals surface area contributed by atoms with E-state index in [-0.39, 0.29) is 17.2 Å². The van der Waals surface area contributed by atoms with E-state index in [1.54, 1.807) is 35.2 Å². The summed E-state index contributed by atoms with van der Waals surface area (Å²) in [6.45, 7) is 4.29. The molecule has 0 radical (unpaired) electrons. The van der Waals surface area contributed by atoms with E-state index >= 15 is 0 Å². The molecule has 2 amide bonds. The zero-order chi connectivity index (χ0) is 26.3. The van der Waals surface area contributed by atoms with E-state index in [4.69, 9.17) is 21.0 Å². The van der Waals surface area contributed by atoms with Crippen LogP contribution in [0.1, 0.15) is 40.6 Å². The molecule has 0 N–H and O–H groups in total. The number of carbonyl (C=O) groups is 2. The first-order valence-electron chi connectivity index (χ1n) is 12.3. The Kier molecular flexibility index (Phi) is 4.87. The first-order valence-corrected chi connectivity index (χ1v) is 13.5. The summed E-state index contributed by atoms with van der Waals surface area (Å²) >= 11 is 7.47. The molecule has 2 aliphatic heterocycles. The lowest BCUT2D eigenvalue weighted by atomic mass is 9.84. The second-order valence-electron chi connectivity index (χ2n) is 9.57. The van der Waals surface area contributed by atoms with E-state index < -0.39 is 16.9 Å². The summed E-state index contributed by atoms with van der Waals surface area (Å²) in [4.78, 5) is 50.9. The molecular weight excluding hydrogens is 522 g/mol. The largest absolute Gasteiger partial charge is 0.450 e. The van der Waals surface area contributed by atoms with Crippen LogP contribution < -0.4 is 15.2 Å². The molecule has 0 saturated heterocycles. The molecule has 5 aromatic rings. The van der Waals surface area contributed by atoms with Crippen LogP contribution in [0.25, 0.3) is 21.2 Å². The molecule has 4 heterocycles. The zero-order valence-electron chi connectivity index (χ0n) is 20.4. The lowest BCUT2D eigenvalue weighted by molar-refractivity contribution is -0.121. The molecule has 0 aliphatic carbocycles. The van der Waals surface area contributed by atoms with E-state index in [1.165, 1.54) is 16.2 Å². The quantitative estimate of drug-likeness (QED) is 0.279. The van der Waals surface area contributed by atoms with Crippen molar-refractivity contribution in [3.63, 3.8) is 0 Å². The SMILES string of the molecule is CCCN1C(=O)C2(c3ccccc31)c1c(oc3ccc(C)cc3c1=O)C(=O)N2c1nc2ccc(Cl)cc2s1. The van der Waals surface area contributed by atoms with Crippen LogP contribution in [-0.2, 0) is 10.3 Å². The normalized spacial score (nSPS) is 18.3. The number of amides is 2. The van der Waals surface area contributed by atoms with Gasteiger partial charge in [-0.3, -0.25) is 19.3 Å². The molecule has 1 atom stereocenters. The maximum absolute atomic E-state index is 14.6. The fourth-order valence-electron chi connectivity index (χ4n) is 5.70. The summed E-state index contributed by atoms with van der Waals surface area (Å²) in [5, 5.41) is 1.15. The Labute approximate surface area is 225 Å². The number of benzene rings is 3. The molecule has 0 bridgehead atoms. The number of halogens is 1. The number of hydrogen-bond donors (Lipinski definition) is 0. The number of nitrogens with zero attached hydrogens (tertiary/aromatic N) is 3. The number of hydrogen-bond acceptors (Lipinski definition) is 6. The average molecular weight is 542 g/mol. The minimum atomic E-state index is -1.74. The van der Waals surface area contributed by atoms with Crippen LogP contribution in [-0.4, -0.2) is 23.3 Å². The third-order valence-corrected chi connectivity index (χ3v) is 8.50. The predicted molar refractivity (Wildman–Crippen MR) is 149 cm³/mol. The van der Waals surface area contributed by atoms with E-state index in [1.807, 2.05) is 44.2 Å². The predicted octanol–water partition coefficient (Wildman–Crippen LogP) is 6.03. The minimum Gasteiger partial charge on any atom is -0.450 e. The maximum atomic E-state index is 14.6. The van der Waals surface area contributed by atoms with Crippen molar-refractivity contribution in [3.05, 3.63) is 98.4 Å². The highest BCUT2D eigenvalue weighted by Crippen LogP contribution is 2.54. The minimum absolute atomic E-state index is 0.0361. The van der Waals surface area contributed by atoms with Gasteiger partial charge in [0.15, 0.2) is 16.1 Å². The monoisotopic (exact) mass is 541 g/mol. The number of carbonyl (C=O) groups excluding carboxylic acids is 2. The summed E-state index contributed by atoms with van der Waals surface area (Å²) < 4.78 is 6.90. The second-order valence-corrected chi connectivity index (χ2v) is 11.0. The highest BCUT2D eigenvalue weighted by molar-refractivity contribution is 7.22. The van der Waals surface area contributed by atoms with Crippen LogP contribution >= 0.6 is 22.9 Å². The molecule has 0 fully saturated rings. The molecule has 38 heavy (non-hydrogen) atoms. The van der Waals surface area contributed by atoms with E-state index in [2.05, 4.69) is 0 Å². The van der Waals surface area contributed by atoms with Gasteiger partial charge in [0.05, 0.1) is 26.9 Å². The van der Waals surface area contributed by atoms with Crippen molar-refractivity contribution in [1.82, 2.24) is 4.98 Å². The van der Waals surface area contributed by atoms with Crippen LogP contribution in [0.4, 0.5) is 10.8 Å². The number of anilines is 2. The van der Waals surface area contributed by atoms with Gasteiger partial charge in [0, 0.05) is 17.1 Å². The molecular formula is C29H20ClN3O4S. The zero-order valence-corrected chi connectivity index (χ0v) is 22.0. The van der Waals surface area contributed by atoms with Crippen molar-refractivity contribution in [3.8, 4) is 0 Å². The fraction of sp³-hybridized carbons (Fsp3) is 0.172. The van der Waals surface area contributed by atoms with Gasteiger partial charge in [-0.1, -0.05) is 59.7 Å². The van der Waals surface area contributed by atoms with Crippen molar-refractivity contribution in [2.45, 2.75) is 25.8 Å². The van der Waals surface area contributed by atoms with Crippen LogP contribution in [0.15, 0.2) is 69.9 Å².